The van der Waals surface area contributed by atoms with Crippen molar-refractivity contribution in [1.29, 1.82) is 0 Å². The number of nitrogens with zero attached hydrogens (tertiary/aromatic N) is 3. The quantitative estimate of drug-likeness (QED) is 0.265. The summed E-state index contributed by atoms with van der Waals surface area (Å²) in [5.74, 6) is -1.34. The second-order valence-corrected chi connectivity index (χ2v) is 8.05. The molecule has 1 N–H and O–H groups in total. The van der Waals surface area contributed by atoms with Crippen LogP contribution in [0, 0.1) is 13.8 Å². The van der Waals surface area contributed by atoms with Crippen LogP contribution in [-0.4, -0.2) is 45.6 Å². The third kappa shape index (κ3) is 6.22. The number of aryl methyl sites for hydroxylation is 2. The van der Waals surface area contributed by atoms with Crippen LogP contribution in [0.3, 0.4) is 0 Å². The summed E-state index contributed by atoms with van der Waals surface area (Å²) in [7, 11) is 0. The fourth-order valence-electron chi connectivity index (χ4n) is 3.52. The zero-order chi connectivity index (χ0) is 27.4. The average molecular weight is 533 g/mol. The van der Waals surface area contributed by atoms with Crippen molar-refractivity contribution in [2.75, 3.05) is 13.2 Å². The Morgan fingerprint density at radius 1 is 1.03 bits per heavy atom. The Labute approximate surface area is 214 Å². The van der Waals surface area contributed by atoms with Crippen LogP contribution < -0.4 is 18.9 Å². The minimum Gasteiger partial charge on any atom is -0.481 e. The number of hydrogen-bond acceptors (Lipinski definition) is 9. The molecular formula is C25H22F3N3O7. The molecular weight excluding hydrogens is 511 g/mol. The van der Waals surface area contributed by atoms with Gasteiger partial charge in [-0.25, -0.2) is 9.78 Å². The number of benzene rings is 2. The molecule has 2 aromatic heterocycles. The fourth-order valence-corrected chi connectivity index (χ4v) is 3.52. The van der Waals surface area contributed by atoms with Crippen LogP contribution >= 0.6 is 0 Å². The van der Waals surface area contributed by atoms with E-state index in [4.69, 9.17) is 23.7 Å². The number of carboxylic acid groups (broad SMARTS) is 1. The van der Waals surface area contributed by atoms with E-state index in [0.29, 0.717) is 28.9 Å². The average Bonchev–Trinajstić information content (AvgIpc) is 3.26. The van der Waals surface area contributed by atoms with Gasteiger partial charge in [-0.2, -0.15) is 9.97 Å². The molecule has 0 fully saturated rings. The number of carboxylic acids is 1. The molecule has 10 nitrogen and oxygen atoms in total. The molecule has 13 heteroatoms. The van der Waals surface area contributed by atoms with Crippen molar-refractivity contribution in [2.45, 2.75) is 33.6 Å². The lowest BCUT2D eigenvalue weighted by Gasteiger charge is -2.13. The summed E-state index contributed by atoms with van der Waals surface area (Å²) >= 11 is 0. The summed E-state index contributed by atoms with van der Waals surface area (Å²) in [4.78, 5) is 23.7. The summed E-state index contributed by atoms with van der Waals surface area (Å²) in [6, 6.07) is 8.26. The van der Waals surface area contributed by atoms with E-state index in [-0.39, 0.29) is 41.4 Å². The molecule has 38 heavy (non-hydrogen) atoms. The number of fused-ring (bicyclic) bond motifs is 1. The van der Waals surface area contributed by atoms with Gasteiger partial charge >= 0.3 is 18.3 Å². The van der Waals surface area contributed by atoms with Crippen LogP contribution in [0.1, 0.15) is 24.5 Å². The van der Waals surface area contributed by atoms with Crippen molar-refractivity contribution in [3.63, 3.8) is 0 Å². The van der Waals surface area contributed by atoms with E-state index in [0.717, 1.165) is 6.07 Å². The highest BCUT2D eigenvalue weighted by atomic mass is 19.4. The predicted molar refractivity (Wildman–Crippen MR) is 127 cm³/mol. The van der Waals surface area contributed by atoms with Gasteiger partial charge in [-0.05, 0) is 55.7 Å². The summed E-state index contributed by atoms with van der Waals surface area (Å²) in [5, 5.41) is 8.90. The smallest absolute Gasteiger partial charge is 0.481 e. The number of ether oxygens (including phenoxy) is 4. The molecule has 0 radical (unpaired) electrons. The van der Waals surface area contributed by atoms with Crippen LogP contribution in [0.5, 0.6) is 29.1 Å². The second kappa shape index (κ2) is 10.8. The standard InChI is InChI=1S/C25H22F3N3O7/c1-4-9-34-22-19-23(31-24(30-22)36-16-7-5-6-8-17(16)38-25(26,27)28)37-21(29-19)15-10-13(2)20(14(3)11-15)35-12-18(32)33/h5-8,10-11H,4,9,12H2,1-3H3,(H,32,33). The molecule has 0 amide bonds. The van der Waals surface area contributed by atoms with Crippen molar-refractivity contribution >= 4 is 17.2 Å². The Kier molecular flexibility index (Phi) is 7.55. The number of oxazole rings is 1. The molecule has 2 aromatic carbocycles. The molecule has 0 aliphatic carbocycles. The van der Waals surface area contributed by atoms with Crippen molar-refractivity contribution < 1.29 is 46.4 Å². The summed E-state index contributed by atoms with van der Waals surface area (Å²) < 4.78 is 64.9. The van der Waals surface area contributed by atoms with E-state index >= 15 is 0 Å². The number of halogens is 3. The van der Waals surface area contributed by atoms with E-state index < -0.39 is 24.7 Å². The van der Waals surface area contributed by atoms with Crippen LogP contribution in [0.2, 0.25) is 0 Å². The number of hydrogen-bond donors (Lipinski definition) is 1. The normalized spacial score (nSPS) is 11.4. The van der Waals surface area contributed by atoms with E-state index in [1.165, 1.54) is 18.2 Å². The van der Waals surface area contributed by atoms with Gasteiger partial charge in [0.15, 0.2) is 23.6 Å². The number of para-hydroxylation sites is 2. The van der Waals surface area contributed by atoms with Gasteiger partial charge in [0.05, 0.1) is 6.61 Å². The SMILES string of the molecule is CCCOc1nc(Oc2ccccc2OC(F)(F)F)nc2oc(-c3cc(C)c(OCC(=O)O)c(C)c3)nc12. The monoisotopic (exact) mass is 533 g/mol. The van der Waals surface area contributed by atoms with Crippen molar-refractivity contribution in [1.82, 2.24) is 15.0 Å². The molecule has 4 aromatic rings. The van der Waals surface area contributed by atoms with E-state index in [2.05, 4.69) is 19.7 Å². The number of carbonyl (C=O) groups is 1. The first-order valence-corrected chi connectivity index (χ1v) is 11.3. The molecule has 0 saturated heterocycles. The summed E-state index contributed by atoms with van der Waals surface area (Å²) in [6.45, 7) is 5.16. The maximum absolute atomic E-state index is 12.8. The van der Waals surface area contributed by atoms with Crippen LogP contribution in [0.15, 0.2) is 40.8 Å². The molecule has 200 valence electrons. The number of aromatic nitrogens is 3. The van der Waals surface area contributed by atoms with E-state index in [9.17, 15) is 18.0 Å². The maximum atomic E-state index is 12.8. The molecule has 0 spiro atoms. The fraction of sp³-hybridized carbons (Fsp3) is 0.280. The second-order valence-electron chi connectivity index (χ2n) is 8.05. The molecule has 0 saturated carbocycles. The van der Waals surface area contributed by atoms with Gasteiger partial charge in [0, 0.05) is 5.56 Å². The largest absolute Gasteiger partial charge is 0.573 e. The minimum absolute atomic E-state index is 0.0194. The lowest BCUT2D eigenvalue weighted by Crippen LogP contribution is -2.17. The third-order valence-corrected chi connectivity index (χ3v) is 4.97. The topological polar surface area (TPSA) is 126 Å². The summed E-state index contributed by atoms with van der Waals surface area (Å²) in [5.41, 5.74) is 2.02. The Morgan fingerprint density at radius 3 is 2.34 bits per heavy atom. The highest BCUT2D eigenvalue weighted by molar-refractivity contribution is 5.78. The Hall–Kier alpha value is -4.55. The Balaban J connectivity index is 1.72. The van der Waals surface area contributed by atoms with Gasteiger partial charge in [-0.3, -0.25) is 0 Å². The van der Waals surface area contributed by atoms with Crippen molar-refractivity contribution in [3.8, 4) is 40.6 Å². The van der Waals surface area contributed by atoms with Gasteiger partial charge in [-0.15, -0.1) is 13.2 Å². The maximum Gasteiger partial charge on any atom is 0.573 e. The van der Waals surface area contributed by atoms with Crippen molar-refractivity contribution in [3.05, 3.63) is 47.5 Å². The molecule has 0 aliphatic rings. The summed E-state index contributed by atoms with van der Waals surface area (Å²) in [6.07, 6.45) is -4.28. The highest BCUT2D eigenvalue weighted by Crippen LogP contribution is 2.37. The first kappa shape index (κ1) is 26.5. The van der Waals surface area contributed by atoms with Gasteiger partial charge in [0.2, 0.25) is 5.89 Å². The lowest BCUT2D eigenvalue weighted by atomic mass is 10.1. The Morgan fingerprint density at radius 2 is 1.71 bits per heavy atom. The molecule has 0 aliphatic heterocycles. The zero-order valence-electron chi connectivity index (χ0n) is 20.5. The molecule has 0 bridgehead atoms. The first-order valence-electron chi connectivity index (χ1n) is 11.3. The van der Waals surface area contributed by atoms with Crippen LogP contribution in [0.25, 0.3) is 22.7 Å². The highest BCUT2D eigenvalue weighted by Gasteiger charge is 2.32. The van der Waals surface area contributed by atoms with Crippen LogP contribution in [-0.2, 0) is 4.79 Å². The van der Waals surface area contributed by atoms with E-state index in [1.807, 2.05) is 6.92 Å². The number of alkyl halides is 3. The molecule has 4 rings (SSSR count). The zero-order valence-corrected chi connectivity index (χ0v) is 20.5. The molecule has 0 unspecified atom stereocenters. The van der Waals surface area contributed by atoms with Gasteiger partial charge in [0.1, 0.15) is 5.75 Å². The Bertz CT molecular complexity index is 1450. The van der Waals surface area contributed by atoms with Gasteiger partial charge in [0.25, 0.3) is 11.6 Å². The molecule has 2 heterocycles. The predicted octanol–water partition coefficient (Wildman–Crippen LogP) is 5.84. The van der Waals surface area contributed by atoms with Crippen molar-refractivity contribution in [2.24, 2.45) is 0 Å². The molecule has 0 atom stereocenters. The van der Waals surface area contributed by atoms with Gasteiger partial charge in [-0.1, -0.05) is 19.1 Å². The van der Waals surface area contributed by atoms with Gasteiger partial charge < -0.3 is 28.5 Å². The van der Waals surface area contributed by atoms with Crippen LogP contribution in [0.4, 0.5) is 13.2 Å². The minimum atomic E-state index is -4.93. The van der Waals surface area contributed by atoms with E-state index in [1.54, 1.807) is 26.0 Å². The number of rotatable bonds is 10. The lowest BCUT2D eigenvalue weighted by molar-refractivity contribution is -0.275. The third-order valence-electron chi connectivity index (χ3n) is 4.97. The first-order chi connectivity index (χ1) is 18.0. The number of aliphatic carboxylic acids is 1.